The molecule has 1 N–H and O–H groups in total. The summed E-state index contributed by atoms with van der Waals surface area (Å²) in [4.78, 5) is 13.9. The van der Waals surface area contributed by atoms with E-state index in [1.54, 1.807) is 6.92 Å². The third-order valence-corrected chi connectivity index (χ3v) is 8.14. The number of piperidine rings is 1. The van der Waals surface area contributed by atoms with Crippen LogP contribution in [0.5, 0.6) is 0 Å². The largest absolute Gasteiger partial charge is 0.481 e. The van der Waals surface area contributed by atoms with Gasteiger partial charge in [-0.15, -0.1) is 0 Å². The highest BCUT2D eigenvalue weighted by molar-refractivity contribution is 5.74. The molecule has 0 spiro atoms. The van der Waals surface area contributed by atoms with Gasteiger partial charge in [0, 0.05) is 12.5 Å². The van der Waals surface area contributed by atoms with Crippen LogP contribution in [0.15, 0.2) is 48.5 Å². The summed E-state index contributed by atoms with van der Waals surface area (Å²) in [5.41, 5.74) is -2.92. The number of carboxylic acids is 1. The molecular formula is C29H33F6NO4. The van der Waals surface area contributed by atoms with Crippen molar-refractivity contribution in [1.82, 2.24) is 4.90 Å². The quantitative estimate of drug-likeness (QED) is 0.357. The minimum Gasteiger partial charge on any atom is -0.481 e. The number of benzene rings is 2. The van der Waals surface area contributed by atoms with Gasteiger partial charge in [0.1, 0.15) is 0 Å². The molecular weight excluding hydrogens is 540 g/mol. The molecule has 2 aliphatic rings. The number of hydrogen-bond acceptors (Lipinski definition) is 4. The molecule has 4 rings (SSSR count). The van der Waals surface area contributed by atoms with E-state index in [0.717, 1.165) is 5.56 Å². The van der Waals surface area contributed by atoms with E-state index in [1.165, 1.54) is 6.92 Å². The molecule has 2 heterocycles. The fourth-order valence-electron chi connectivity index (χ4n) is 5.54. The molecule has 2 aromatic rings. The number of carbonyl (C=O) groups is 1. The summed E-state index contributed by atoms with van der Waals surface area (Å²) in [6, 6.07) is 10.8. The molecule has 0 bridgehead atoms. The number of ether oxygens (including phenoxy) is 2. The number of halogens is 6. The maximum absolute atomic E-state index is 13.4. The van der Waals surface area contributed by atoms with Gasteiger partial charge in [-0.2, -0.15) is 26.3 Å². The van der Waals surface area contributed by atoms with E-state index in [-0.39, 0.29) is 23.5 Å². The van der Waals surface area contributed by atoms with Gasteiger partial charge in [-0.25, -0.2) is 0 Å². The Bertz CT molecular complexity index is 1130. The van der Waals surface area contributed by atoms with Crippen molar-refractivity contribution in [2.24, 2.45) is 11.3 Å². The minimum atomic E-state index is -4.96. The van der Waals surface area contributed by atoms with Crippen molar-refractivity contribution in [3.05, 3.63) is 70.8 Å². The minimum absolute atomic E-state index is 0.00906. The summed E-state index contributed by atoms with van der Waals surface area (Å²) in [7, 11) is 0. The van der Waals surface area contributed by atoms with Crippen molar-refractivity contribution in [3.8, 4) is 0 Å². The summed E-state index contributed by atoms with van der Waals surface area (Å²) in [6.45, 7) is 5.32. The number of nitrogens with zero attached hydrogens (tertiary/aromatic N) is 1. The monoisotopic (exact) mass is 573 g/mol. The lowest BCUT2D eigenvalue weighted by Gasteiger charge is -2.43. The fraction of sp³-hybridized carbons (Fsp3) is 0.552. The molecule has 0 aliphatic carbocycles. The van der Waals surface area contributed by atoms with Crippen LogP contribution in [0, 0.1) is 11.3 Å². The van der Waals surface area contributed by atoms with Gasteiger partial charge in [-0.05, 0) is 81.4 Å². The van der Waals surface area contributed by atoms with Crippen LogP contribution in [0.3, 0.4) is 0 Å². The molecule has 4 atom stereocenters. The molecule has 5 nitrogen and oxygen atoms in total. The molecule has 2 aliphatic heterocycles. The van der Waals surface area contributed by atoms with Crippen LogP contribution in [0.2, 0.25) is 0 Å². The molecule has 2 aromatic carbocycles. The second-order valence-corrected chi connectivity index (χ2v) is 11.0. The zero-order chi connectivity index (χ0) is 29.3. The van der Waals surface area contributed by atoms with Gasteiger partial charge in [0.05, 0.1) is 29.3 Å². The lowest BCUT2D eigenvalue weighted by Crippen LogP contribution is -2.47. The van der Waals surface area contributed by atoms with Gasteiger partial charge in [0.25, 0.3) is 0 Å². The Kier molecular flexibility index (Phi) is 8.87. The van der Waals surface area contributed by atoms with Gasteiger partial charge in [0.2, 0.25) is 0 Å². The van der Waals surface area contributed by atoms with Crippen LogP contribution >= 0.6 is 0 Å². The highest BCUT2D eigenvalue weighted by atomic mass is 19.4. The predicted octanol–water partition coefficient (Wildman–Crippen LogP) is 7.13. The molecule has 2 fully saturated rings. The van der Waals surface area contributed by atoms with E-state index >= 15 is 0 Å². The normalized spacial score (nSPS) is 24.9. The van der Waals surface area contributed by atoms with Crippen molar-refractivity contribution in [2.75, 3.05) is 26.2 Å². The summed E-state index contributed by atoms with van der Waals surface area (Å²) in [5.74, 6) is -1.14. The van der Waals surface area contributed by atoms with Gasteiger partial charge in [-0.1, -0.05) is 30.3 Å². The maximum atomic E-state index is 13.4. The lowest BCUT2D eigenvalue weighted by atomic mass is 9.78. The van der Waals surface area contributed by atoms with Gasteiger partial charge in [-0.3, -0.25) is 4.79 Å². The Labute approximate surface area is 229 Å². The van der Waals surface area contributed by atoms with Crippen molar-refractivity contribution < 1.29 is 45.7 Å². The number of aliphatic carboxylic acids is 1. The summed E-state index contributed by atoms with van der Waals surface area (Å²) in [6.07, 6.45) is -10.3. The molecule has 0 radical (unpaired) electrons. The van der Waals surface area contributed by atoms with Crippen LogP contribution in [0.4, 0.5) is 26.3 Å². The Balaban J connectivity index is 1.58. The first-order valence-electron chi connectivity index (χ1n) is 13.2. The first kappa shape index (κ1) is 30.3. The molecule has 0 saturated carbocycles. The number of likely N-dealkylation sites (tertiary alicyclic amines) is 1. The first-order chi connectivity index (χ1) is 18.7. The molecule has 0 aromatic heterocycles. The fourth-order valence-corrected chi connectivity index (χ4v) is 5.54. The number of carboxylic acid groups (broad SMARTS) is 1. The van der Waals surface area contributed by atoms with Crippen molar-refractivity contribution in [3.63, 3.8) is 0 Å². The van der Waals surface area contributed by atoms with Gasteiger partial charge in [0.15, 0.2) is 6.29 Å². The molecule has 40 heavy (non-hydrogen) atoms. The average Bonchev–Trinajstić information content (AvgIpc) is 2.89. The van der Waals surface area contributed by atoms with Crippen LogP contribution in [0.25, 0.3) is 0 Å². The standard InChI is InChI=1S/C29H33F6NO4/c1-18(21-14-22(28(30,31)32)16-23(15-21)29(33,34)35)40-25-24(19-6-4-3-5-7-19)20(8-13-39-25)17-36-11-9-27(2,10-12-36)26(37)38/h3-7,14-16,18,20,24-25H,8-13,17H2,1-2H3,(H,37,38)/t18?,20-,24-,25+/m0/s1. The van der Waals surface area contributed by atoms with E-state index < -0.39 is 47.3 Å². The van der Waals surface area contributed by atoms with Crippen LogP contribution in [-0.2, 0) is 26.6 Å². The van der Waals surface area contributed by atoms with E-state index in [4.69, 9.17) is 9.47 Å². The molecule has 1 unspecified atom stereocenters. The topological polar surface area (TPSA) is 59.0 Å². The second kappa shape index (κ2) is 11.7. The summed E-state index contributed by atoms with van der Waals surface area (Å²) < 4.78 is 92.7. The van der Waals surface area contributed by atoms with Crippen LogP contribution in [-0.4, -0.2) is 48.5 Å². The zero-order valence-corrected chi connectivity index (χ0v) is 22.3. The smallest absolute Gasteiger partial charge is 0.416 e. The molecule has 11 heteroatoms. The van der Waals surface area contributed by atoms with Crippen molar-refractivity contribution in [2.45, 2.75) is 63.8 Å². The Morgan fingerprint density at radius 3 is 2.15 bits per heavy atom. The van der Waals surface area contributed by atoms with E-state index in [1.807, 2.05) is 30.3 Å². The molecule has 220 valence electrons. The Morgan fingerprint density at radius 1 is 1.05 bits per heavy atom. The maximum Gasteiger partial charge on any atom is 0.416 e. The predicted molar refractivity (Wildman–Crippen MR) is 134 cm³/mol. The van der Waals surface area contributed by atoms with E-state index in [2.05, 4.69) is 4.90 Å². The average molecular weight is 574 g/mol. The highest BCUT2D eigenvalue weighted by Crippen LogP contribution is 2.42. The zero-order valence-electron chi connectivity index (χ0n) is 22.3. The first-order valence-corrected chi connectivity index (χ1v) is 13.2. The van der Waals surface area contributed by atoms with Gasteiger partial charge < -0.3 is 19.5 Å². The second-order valence-electron chi connectivity index (χ2n) is 11.0. The van der Waals surface area contributed by atoms with Crippen LogP contribution in [0.1, 0.15) is 67.4 Å². The van der Waals surface area contributed by atoms with Gasteiger partial charge >= 0.3 is 18.3 Å². The number of rotatable bonds is 7. The summed E-state index contributed by atoms with van der Waals surface area (Å²) >= 11 is 0. The van der Waals surface area contributed by atoms with Crippen molar-refractivity contribution in [1.29, 1.82) is 0 Å². The van der Waals surface area contributed by atoms with Crippen LogP contribution < -0.4 is 0 Å². The Morgan fingerprint density at radius 2 is 1.62 bits per heavy atom. The SMILES string of the molecule is CC(O[C@H]1OCC[C@@H](CN2CCC(C)(C(=O)O)CC2)[C@@H]1c1ccccc1)c1cc(C(F)(F)F)cc(C(F)(F)F)c1. The Hall–Kier alpha value is -2.63. The van der Waals surface area contributed by atoms with Crippen molar-refractivity contribution >= 4 is 5.97 Å². The number of alkyl halides is 6. The molecule has 2 saturated heterocycles. The summed E-state index contributed by atoms with van der Waals surface area (Å²) in [5, 5.41) is 9.56. The third-order valence-electron chi connectivity index (χ3n) is 8.14. The highest BCUT2D eigenvalue weighted by Gasteiger charge is 2.42. The molecule has 0 amide bonds. The van der Waals surface area contributed by atoms with E-state index in [9.17, 15) is 36.2 Å². The van der Waals surface area contributed by atoms with E-state index in [0.29, 0.717) is 57.6 Å². The third kappa shape index (κ3) is 6.98. The number of hydrogen-bond donors (Lipinski definition) is 1. The lowest BCUT2D eigenvalue weighted by molar-refractivity contribution is -0.210.